The number of halogens is 3. The molecule has 0 radical (unpaired) electrons. The molecule has 6 heteroatoms. The van der Waals surface area contributed by atoms with Crippen molar-refractivity contribution in [1.82, 2.24) is 9.55 Å². The summed E-state index contributed by atoms with van der Waals surface area (Å²) in [6.45, 7) is 3.69. The van der Waals surface area contributed by atoms with E-state index >= 15 is 0 Å². The van der Waals surface area contributed by atoms with Crippen molar-refractivity contribution in [2.24, 2.45) is 0 Å². The fourth-order valence-electron chi connectivity index (χ4n) is 2.04. The number of alkyl halides is 3. The van der Waals surface area contributed by atoms with E-state index in [0.717, 1.165) is 5.52 Å². The van der Waals surface area contributed by atoms with Crippen molar-refractivity contribution in [3.05, 3.63) is 30.1 Å². The van der Waals surface area contributed by atoms with Gasteiger partial charge < -0.3 is 4.57 Å². The first-order valence-electron chi connectivity index (χ1n) is 5.86. The SMILES string of the molecule is CC(C)n1c(CC(=O)C(F)(F)F)nc2ccccc21. The van der Waals surface area contributed by atoms with E-state index in [1.54, 1.807) is 28.8 Å². The molecule has 0 unspecified atom stereocenters. The smallest absolute Gasteiger partial charge is 0.325 e. The number of carbonyl (C=O) groups is 1. The largest absolute Gasteiger partial charge is 0.450 e. The van der Waals surface area contributed by atoms with Gasteiger partial charge in [-0.15, -0.1) is 0 Å². The minimum absolute atomic E-state index is 0.0663. The molecule has 0 atom stereocenters. The van der Waals surface area contributed by atoms with Crippen molar-refractivity contribution in [2.45, 2.75) is 32.5 Å². The van der Waals surface area contributed by atoms with Gasteiger partial charge in [0.25, 0.3) is 0 Å². The van der Waals surface area contributed by atoms with Crippen LogP contribution in [0.5, 0.6) is 0 Å². The maximum atomic E-state index is 12.3. The molecule has 0 saturated heterocycles. The zero-order valence-electron chi connectivity index (χ0n) is 10.5. The maximum absolute atomic E-state index is 12.3. The number of aromatic nitrogens is 2. The normalized spacial score (nSPS) is 12.3. The third-order valence-electron chi connectivity index (χ3n) is 2.82. The average Bonchev–Trinajstić information content (AvgIpc) is 2.65. The van der Waals surface area contributed by atoms with Crippen molar-refractivity contribution >= 4 is 16.8 Å². The summed E-state index contributed by atoms with van der Waals surface area (Å²) < 4.78 is 38.7. The third kappa shape index (κ3) is 2.62. The van der Waals surface area contributed by atoms with E-state index in [0.29, 0.717) is 5.52 Å². The molecule has 19 heavy (non-hydrogen) atoms. The number of hydrogen-bond acceptors (Lipinski definition) is 2. The van der Waals surface area contributed by atoms with E-state index in [9.17, 15) is 18.0 Å². The highest BCUT2D eigenvalue weighted by atomic mass is 19.4. The summed E-state index contributed by atoms with van der Waals surface area (Å²) >= 11 is 0. The van der Waals surface area contributed by atoms with Crippen LogP contribution in [-0.4, -0.2) is 21.5 Å². The van der Waals surface area contributed by atoms with Crippen LogP contribution < -0.4 is 0 Å². The van der Waals surface area contributed by atoms with Crippen LogP contribution in [0.2, 0.25) is 0 Å². The molecule has 0 aliphatic rings. The van der Waals surface area contributed by atoms with Crippen LogP contribution in [0, 0.1) is 0 Å². The Hall–Kier alpha value is -1.85. The molecule has 0 amide bonds. The number of Topliss-reactive ketones (excluding diaryl/α,β-unsaturated/α-hetero) is 1. The van der Waals surface area contributed by atoms with Gasteiger partial charge in [-0.3, -0.25) is 4.79 Å². The van der Waals surface area contributed by atoms with Gasteiger partial charge in [0.05, 0.1) is 17.5 Å². The number of nitrogens with zero attached hydrogens (tertiary/aromatic N) is 2. The van der Waals surface area contributed by atoms with Crippen molar-refractivity contribution < 1.29 is 18.0 Å². The highest BCUT2D eigenvalue weighted by molar-refractivity contribution is 5.86. The predicted octanol–water partition coefficient (Wildman–Crippen LogP) is 3.29. The van der Waals surface area contributed by atoms with Gasteiger partial charge in [0.1, 0.15) is 5.82 Å². The van der Waals surface area contributed by atoms with Crippen LogP contribution in [0.4, 0.5) is 13.2 Å². The molecule has 0 aliphatic heterocycles. The van der Waals surface area contributed by atoms with E-state index < -0.39 is 18.4 Å². The van der Waals surface area contributed by atoms with Crippen LogP contribution in [0.3, 0.4) is 0 Å². The van der Waals surface area contributed by atoms with Crippen molar-refractivity contribution in [3.8, 4) is 0 Å². The van der Waals surface area contributed by atoms with Gasteiger partial charge in [-0.1, -0.05) is 12.1 Å². The quantitative estimate of drug-likeness (QED) is 0.857. The molecule has 0 bridgehead atoms. The summed E-state index contributed by atoms with van der Waals surface area (Å²) in [6.07, 6.45) is -5.55. The molecule has 0 aliphatic carbocycles. The number of rotatable bonds is 3. The number of para-hydroxylation sites is 2. The molecule has 1 aromatic heterocycles. The highest BCUT2D eigenvalue weighted by Gasteiger charge is 2.39. The second-order valence-electron chi connectivity index (χ2n) is 4.58. The number of fused-ring (bicyclic) bond motifs is 1. The summed E-state index contributed by atoms with van der Waals surface area (Å²) in [6, 6.07) is 6.98. The summed E-state index contributed by atoms with van der Waals surface area (Å²) in [5, 5.41) is 0. The minimum Gasteiger partial charge on any atom is -0.325 e. The maximum Gasteiger partial charge on any atom is 0.450 e. The van der Waals surface area contributed by atoms with Crippen molar-refractivity contribution in [2.75, 3.05) is 0 Å². The summed E-state index contributed by atoms with van der Waals surface area (Å²) in [7, 11) is 0. The minimum atomic E-state index is -4.82. The Bertz CT molecular complexity index is 614. The third-order valence-corrected chi connectivity index (χ3v) is 2.82. The van der Waals surface area contributed by atoms with Gasteiger partial charge in [-0.05, 0) is 26.0 Å². The fourth-order valence-corrected chi connectivity index (χ4v) is 2.04. The summed E-state index contributed by atoms with van der Waals surface area (Å²) in [4.78, 5) is 15.2. The Labute approximate surface area is 108 Å². The van der Waals surface area contributed by atoms with Crippen LogP contribution in [-0.2, 0) is 11.2 Å². The standard InChI is InChI=1S/C13H13F3N2O/c1-8(2)18-10-6-4-3-5-9(10)17-12(18)7-11(19)13(14,15)16/h3-6,8H,7H2,1-2H3. The molecule has 0 saturated carbocycles. The lowest BCUT2D eigenvalue weighted by molar-refractivity contribution is -0.170. The number of ketones is 1. The lowest BCUT2D eigenvalue weighted by Gasteiger charge is -2.13. The topological polar surface area (TPSA) is 34.9 Å². The fraction of sp³-hybridized carbons (Fsp3) is 0.385. The number of hydrogen-bond donors (Lipinski definition) is 0. The van der Waals surface area contributed by atoms with Gasteiger partial charge in [0.15, 0.2) is 0 Å². The molecule has 0 spiro atoms. The number of benzene rings is 1. The van der Waals surface area contributed by atoms with E-state index in [1.807, 2.05) is 13.8 Å². The van der Waals surface area contributed by atoms with E-state index in [1.165, 1.54) is 0 Å². The Morgan fingerprint density at radius 3 is 2.53 bits per heavy atom. The molecule has 1 heterocycles. The number of carbonyl (C=O) groups excluding carboxylic acids is 1. The van der Waals surface area contributed by atoms with Gasteiger partial charge in [0, 0.05) is 6.04 Å². The molecular weight excluding hydrogens is 257 g/mol. The zero-order valence-corrected chi connectivity index (χ0v) is 10.5. The summed E-state index contributed by atoms with van der Waals surface area (Å²) in [5.41, 5.74) is 1.34. The Kier molecular flexibility index (Phi) is 3.34. The van der Waals surface area contributed by atoms with Crippen LogP contribution >= 0.6 is 0 Å². The van der Waals surface area contributed by atoms with Crippen molar-refractivity contribution in [3.63, 3.8) is 0 Å². The molecule has 0 fully saturated rings. The van der Waals surface area contributed by atoms with E-state index in [2.05, 4.69) is 4.98 Å². The number of imidazole rings is 1. The van der Waals surface area contributed by atoms with Gasteiger partial charge in [0.2, 0.25) is 5.78 Å². The Morgan fingerprint density at radius 1 is 1.32 bits per heavy atom. The van der Waals surface area contributed by atoms with Gasteiger partial charge in [-0.2, -0.15) is 13.2 Å². The molecule has 2 rings (SSSR count). The first-order chi connectivity index (χ1) is 8.80. The first-order valence-corrected chi connectivity index (χ1v) is 5.86. The van der Waals surface area contributed by atoms with Crippen LogP contribution in [0.1, 0.15) is 25.7 Å². The molecule has 0 N–H and O–H groups in total. The molecule has 2 aromatic rings. The monoisotopic (exact) mass is 270 g/mol. The van der Waals surface area contributed by atoms with Gasteiger partial charge in [-0.25, -0.2) is 4.98 Å². The second kappa shape index (κ2) is 4.68. The lowest BCUT2D eigenvalue weighted by atomic mass is 10.2. The average molecular weight is 270 g/mol. The Balaban J connectivity index is 2.48. The van der Waals surface area contributed by atoms with Gasteiger partial charge >= 0.3 is 6.18 Å². The predicted molar refractivity (Wildman–Crippen MR) is 64.9 cm³/mol. The lowest BCUT2D eigenvalue weighted by Crippen LogP contribution is -2.26. The zero-order chi connectivity index (χ0) is 14.2. The molecule has 1 aromatic carbocycles. The first kappa shape index (κ1) is 13.6. The van der Waals surface area contributed by atoms with Crippen molar-refractivity contribution in [1.29, 1.82) is 0 Å². The Morgan fingerprint density at radius 2 is 1.95 bits per heavy atom. The van der Waals surface area contributed by atoms with E-state index in [4.69, 9.17) is 0 Å². The molecule has 102 valence electrons. The van der Waals surface area contributed by atoms with Crippen LogP contribution in [0.25, 0.3) is 11.0 Å². The van der Waals surface area contributed by atoms with Crippen LogP contribution in [0.15, 0.2) is 24.3 Å². The molecule has 3 nitrogen and oxygen atoms in total. The summed E-state index contributed by atoms with van der Waals surface area (Å²) in [5.74, 6) is -1.62. The second-order valence-corrected chi connectivity index (χ2v) is 4.58. The van der Waals surface area contributed by atoms with E-state index in [-0.39, 0.29) is 11.9 Å². The molecular formula is C13H13F3N2O. The highest BCUT2D eigenvalue weighted by Crippen LogP contribution is 2.24.